The lowest BCUT2D eigenvalue weighted by Crippen LogP contribution is -2.05. The zero-order valence-electron chi connectivity index (χ0n) is 13.5. The molecule has 0 fully saturated rings. The smallest absolute Gasteiger partial charge is 0.329 e. The van der Waals surface area contributed by atoms with Crippen molar-refractivity contribution in [3.8, 4) is 0 Å². The van der Waals surface area contributed by atoms with Gasteiger partial charge in [0.05, 0.1) is 20.3 Å². The maximum absolute atomic E-state index is 12.7. The summed E-state index contributed by atoms with van der Waals surface area (Å²) < 4.78 is 58.5. The van der Waals surface area contributed by atoms with Crippen molar-refractivity contribution in [1.82, 2.24) is 15.1 Å². The van der Waals surface area contributed by atoms with Gasteiger partial charge in [-0.05, 0) is 29.8 Å². The van der Waals surface area contributed by atoms with Gasteiger partial charge in [0, 0.05) is 25.1 Å². The van der Waals surface area contributed by atoms with Gasteiger partial charge in [-0.25, -0.2) is 4.21 Å². The van der Waals surface area contributed by atoms with Crippen molar-refractivity contribution in [2.75, 3.05) is 6.26 Å². The average Bonchev–Trinajstić information content (AvgIpc) is 3.06. The third-order valence-electron chi connectivity index (χ3n) is 3.38. The van der Waals surface area contributed by atoms with Crippen LogP contribution in [0.15, 0.2) is 62.6 Å². The molecule has 0 aliphatic rings. The molecule has 2 aromatic heterocycles. The number of rotatable bonds is 4. The molecule has 0 saturated heterocycles. The SMILES string of the molecule is CS(=O)(=Nc1ccc(Cc2noc(C(F)(F)F)n2)cc1)c1ccncc1. The molecule has 0 saturated carbocycles. The maximum atomic E-state index is 12.7. The van der Waals surface area contributed by atoms with Gasteiger partial charge in [0.2, 0.25) is 0 Å². The molecule has 136 valence electrons. The number of hydrogen-bond acceptors (Lipinski definition) is 6. The third-order valence-corrected chi connectivity index (χ3v) is 5.08. The normalized spacial score (nSPS) is 14.0. The Morgan fingerprint density at radius 1 is 1.12 bits per heavy atom. The first-order valence-electron chi connectivity index (χ1n) is 7.35. The molecule has 0 spiro atoms. The van der Waals surface area contributed by atoms with Gasteiger partial charge in [0.15, 0.2) is 5.82 Å². The van der Waals surface area contributed by atoms with E-state index in [4.69, 9.17) is 0 Å². The van der Waals surface area contributed by atoms with Crippen molar-refractivity contribution < 1.29 is 21.9 Å². The van der Waals surface area contributed by atoms with E-state index in [-0.39, 0.29) is 12.2 Å². The van der Waals surface area contributed by atoms with E-state index in [1.54, 1.807) is 36.4 Å². The van der Waals surface area contributed by atoms with Crippen molar-refractivity contribution in [3.05, 3.63) is 66.1 Å². The Morgan fingerprint density at radius 2 is 1.77 bits per heavy atom. The largest absolute Gasteiger partial charge is 0.471 e. The second-order valence-corrected chi connectivity index (χ2v) is 7.69. The highest BCUT2D eigenvalue weighted by molar-refractivity contribution is 7.93. The van der Waals surface area contributed by atoms with Crippen molar-refractivity contribution in [1.29, 1.82) is 0 Å². The second-order valence-electron chi connectivity index (χ2n) is 5.43. The molecule has 1 unspecified atom stereocenters. The molecule has 0 radical (unpaired) electrons. The van der Waals surface area contributed by atoms with Crippen LogP contribution in [0, 0.1) is 0 Å². The van der Waals surface area contributed by atoms with Gasteiger partial charge < -0.3 is 4.52 Å². The molecule has 1 atom stereocenters. The summed E-state index contributed by atoms with van der Waals surface area (Å²) in [5.41, 5.74) is 1.16. The quantitative estimate of drug-likeness (QED) is 0.684. The third kappa shape index (κ3) is 4.26. The van der Waals surface area contributed by atoms with Crippen LogP contribution in [0.5, 0.6) is 0 Å². The van der Waals surface area contributed by atoms with Crippen LogP contribution in [0.1, 0.15) is 17.3 Å². The van der Waals surface area contributed by atoms with E-state index in [9.17, 15) is 17.4 Å². The van der Waals surface area contributed by atoms with Crippen molar-refractivity contribution >= 4 is 15.4 Å². The standard InChI is InChI=1S/C16H13F3N4O2S/c1-26(24,13-6-8-20-9-7-13)23-12-4-2-11(3-5-12)10-14-21-15(25-22-14)16(17,18)19/h2-9H,10H2,1H3. The molecule has 0 bridgehead atoms. The topological polar surface area (TPSA) is 81.2 Å². The predicted molar refractivity (Wildman–Crippen MR) is 87.2 cm³/mol. The summed E-state index contributed by atoms with van der Waals surface area (Å²) in [6, 6.07) is 9.84. The number of pyridine rings is 1. The van der Waals surface area contributed by atoms with Gasteiger partial charge in [-0.1, -0.05) is 17.3 Å². The molecule has 6 nitrogen and oxygen atoms in total. The van der Waals surface area contributed by atoms with Crippen LogP contribution in [0.25, 0.3) is 0 Å². The first kappa shape index (κ1) is 18.1. The Balaban J connectivity index is 1.78. The van der Waals surface area contributed by atoms with Crippen LogP contribution in [0.2, 0.25) is 0 Å². The number of alkyl halides is 3. The van der Waals surface area contributed by atoms with E-state index in [1.165, 1.54) is 18.6 Å². The highest BCUT2D eigenvalue weighted by atomic mass is 32.2. The Hall–Kier alpha value is -2.75. The van der Waals surface area contributed by atoms with Crippen LogP contribution in [0.3, 0.4) is 0 Å². The molecule has 3 rings (SSSR count). The minimum Gasteiger partial charge on any atom is -0.329 e. The molecule has 0 N–H and O–H groups in total. The van der Waals surface area contributed by atoms with Crippen molar-refractivity contribution in [3.63, 3.8) is 0 Å². The molecule has 0 amide bonds. The number of aromatic nitrogens is 3. The minimum atomic E-state index is -4.66. The molecule has 0 aliphatic carbocycles. The minimum absolute atomic E-state index is 0.0712. The average molecular weight is 382 g/mol. The van der Waals surface area contributed by atoms with Crippen LogP contribution in [-0.2, 0) is 22.3 Å². The van der Waals surface area contributed by atoms with E-state index in [2.05, 4.69) is 24.0 Å². The Bertz CT molecular complexity index is 1010. The molecule has 2 heterocycles. The van der Waals surface area contributed by atoms with Crippen LogP contribution in [0.4, 0.5) is 18.9 Å². The van der Waals surface area contributed by atoms with E-state index in [0.29, 0.717) is 16.1 Å². The van der Waals surface area contributed by atoms with Gasteiger partial charge in [-0.15, -0.1) is 0 Å². The number of nitrogens with zero attached hydrogens (tertiary/aromatic N) is 4. The summed E-state index contributed by atoms with van der Waals surface area (Å²) in [4.78, 5) is 7.76. The predicted octanol–water partition coefficient (Wildman–Crippen LogP) is 3.86. The van der Waals surface area contributed by atoms with Gasteiger partial charge in [-0.2, -0.15) is 22.5 Å². The second kappa shape index (κ2) is 6.87. The first-order chi connectivity index (χ1) is 12.2. The fourth-order valence-corrected chi connectivity index (χ4v) is 3.40. The molecular formula is C16H13F3N4O2S. The summed E-state index contributed by atoms with van der Waals surface area (Å²) in [6.45, 7) is 0. The number of benzene rings is 1. The molecule has 10 heteroatoms. The van der Waals surface area contributed by atoms with Crippen LogP contribution in [-0.4, -0.2) is 25.6 Å². The monoisotopic (exact) mass is 382 g/mol. The van der Waals surface area contributed by atoms with Crippen molar-refractivity contribution in [2.24, 2.45) is 4.36 Å². The van der Waals surface area contributed by atoms with Gasteiger partial charge in [-0.3, -0.25) is 4.98 Å². The summed E-state index contributed by atoms with van der Waals surface area (Å²) in [7, 11) is -2.63. The lowest BCUT2D eigenvalue weighted by Gasteiger charge is -2.04. The maximum Gasteiger partial charge on any atom is 0.471 e. The summed E-state index contributed by atoms with van der Waals surface area (Å²) in [6.07, 6.45) is 0.0106. The van der Waals surface area contributed by atoms with Crippen molar-refractivity contribution in [2.45, 2.75) is 17.5 Å². The fourth-order valence-electron chi connectivity index (χ4n) is 2.14. The highest BCUT2D eigenvalue weighted by Gasteiger charge is 2.38. The zero-order chi connectivity index (χ0) is 18.8. The zero-order valence-corrected chi connectivity index (χ0v) is 14.3. The van der Waals surface area contributed by atoms with E-state index >= 15 is 0 Å². The van der Waals surface area contributed by atoms with Gasteiger partial charge in [0.1, 0.15) is 0 Å². The Labute approximate surface area is 147 Å². The Morgan fingerprint density at radius 3 is 2.35 bits per heavy atom. The summed E-state index contributed by atoms with van der Waals surface area (Å²) in [5.74, 6) is -1.44. The summed E-state index contributed by atoms with van der Waals surface area (Å²) in [5, 5.41) is 3.32. The first-order valence-corrected chi connectivity index (χ1v) is 9.27. The van der Waals surface area contributed by atoms with Gasteiger partial charge >= 0.3 is 12.1 Å². The van der Waals surface area contributed by atoms with E-state index < -0.39 is 21.8 Å². The highest BCUT2D eigenvalue weighted by Crippen LogP contribution is 2.27. The fraction of sp³-hybridized carbons (Fsp3) is 0.188. The molecular weight excluding hydrogens is 369 g/mol. The Kier molecular flexibility index (Phi) is 4.77. The molecule has 3 aromatic rings. The molecule has 0 aliphatic heterocycles. The van der Waals surface area contributed by atoms with Crippen LogP contribution >= 0.6 is 0 Å². The van der Waals surface area contributed by atoms with E-state index in [1.807, 2.05) is 0 Å². The van der Waals surface area contributed by atoms with Crippen LogP contribution < -0.4 is 0 Å². The number of halogens is 3. The summed E-state index contributed by atoms with van der Waals surface area (Å²) >= 11 is 0. The van der Waals surface area contributed by atoms with E-state index in [0.717, 1.165) is 0 Å². The lowest BCUT2D eigenvalue weighted by molar-refractivity contribution is -0.159. The number of hydrogen-bond donors (Lipinski definition) is 0. The molecule has 26 heavy (non-hydrogen) atoms. The molecule has 1 aromatic carbocycles. The lowest BCUT2D eigenvalue weighted by atomic mass is 10.1. The van der Waals surface area contributed by atoms with Gasteiger partial charge in [0.25, 0.3) is 0 Å².